The average molecular weight is 265 g/mol. The molecule has 6 heteroatoms. The van der Waals surface area contributed by atoms with Crippen LogP contribution in [0.2, 0.25) is 0 Å². The van der Waals surface area contributed by atoms with Crippen molar-refractivity contribution in [3.05, 3.63) is 23.3 Å². The van der Waals surface area contributed by atoms with E-state index in [-0.39, 0.29) is 5.91 Å². The van der Waals surface area contributed by atoms with Crippen LogP contribution in [0.4, 0.5) is 5.69 Å². The number of anilines is 1. The summed E-state index contributed by atoms with van der Waals surface area (Å²) in [6.45, 7) is 2.12. The minimum atomic E-state index is -0.422. The van der Waals surface area contributed by atoms with Gasteiger partial charge in [-0.1, -0.05) is 0 Å². The molecule has 96 valence electrons. The predicted octanol–water partition coefficient (Wildman–Crippen LogP) is 1.38. The zero-order valence-corrected chi connectivity index (χ0v) is 10.8. The molecule has 0 saturated carbocycles. The monoisotopic (exact) mass is 265 g/mol. The number of hydrogen-bond donors (Lipinski definition) is 3. The third kappa shape index (κ3) is 2.60. The number of carbonyl (C=O) groups excluding carboxylic acids is 1. The number of fused-ring (bicyclic) bond motifs is 1. The lowest BCUT2D eigenvalue weighted by molar-refractivity contribution is 0.0950. The van der Waals surface area contributed by atoms with E-state index in [1.165, 1.54) is 11.3 Å². The molecule has 2 aromatic rings. The van der Waals surface area contributed by atoms with Gasteiger partial charge in [0, 0.05) is 24.3 Å². The van der Waals surface area contributed by atoms with Crippen molar-refractivity contribution in [2.24, 2.45) is 0 Å². The van der Waals surface area contributed by atoms with E-state index in [0.717, 1.165) is 10.1 Å². The van der Waals surface area contributed by atoms with E-state index >= 15 is 0 Å². The fourth-order valence-corrected chi connectivity index (χ4v) is 2.62. The first-order valence-electron chi connectivity index (χ1n) is 5.68. The summed E-state index contributed by atoms with van der Waals surface area (Å²) in [5, 5.41) is 12.7. The van der Waals surface area contributed by atoms with E-state index in [0.29, 0.717) is 23.5 Å². The first-order valence-corrected chi connectivity index (χ1v) is 6.49. The van der Waals surface area contributed by atoms with Gasteiger partial charge in [0.15, 0.2) is 0 Å². The maximum absolute atomic E-state index is 11.9. The van der Waals surface area contributed by atoms with Crippen molar-refractivity contribution in [3.8, 4) is 0 Å². The smallest absolute Gasteiger partial charge is 0.263 e. The Kier molecular flexibility index (Phi) is 3.78. The van der Waals surface area contributed by atoms with Gasteiger partial charge in [-0.25, -0.2) is 0 Å². The van der Waals surface area contributed by atoms with Crippen LogP contribution in [0.25, 0.3) is 10.1 Å². The summed E-state index contributed by atoms with van der Waals surface area (Å²) < 4.78 is 0.899. The predicted molar refractivity (Wildman–Crippen MR) is 72.7 cm³/mol. The van der Waals surface area contributed by atoms with Crippen LogP contribution in [0, 0.1) is 0 Å². The molecule has 0 fully saturated rings. The minimum Gasteiger partial charge on any atom is -0.397 e. The Morgan fingerprint density at radius 1 is 1.67 bits per heavy atom. The second-order valence-electron chi connectivity index (χ2n) is 4.11. The third-order valence-electron chi connectivity index (χ3n) is 2.59. The highest BCUT2D eigenvalue weighted by Crippen LogP contribution is 2.32. The molecule has 18 heavy (non-hydrogen) atoms. The Morgan fingerprint density at radius 3 is 3.11 bits per heavy atom. The number of nitrogens with two attached hydrogens (primary N) is 1. The molecular weight excluding hydrogens is 250 g/mol. The van der Waals surface area contributed by atoms with E-state index in [2.05, 4.69) is 10.3 Å². The Bertz CT molecular complexity index is 565. The van der Waals surface area contributed by atoms with Crippen LogP contribution in [0.3, 0.4) is 0 Å². The summed E-state index contributed by atoms with van der Waals surface area (Å²) in [7, 11) is 0. The Labute approximate surface area is 109 Å². The highest BCUT2D eigenvalue weighted by Gasteiger charge is 2.15. The van der Waals surface area contributed by atoms with Gasteiger partial charge in [-0.05, 0) is 19.4 Å². The molecule has 1 amide bonds. The van der Waals surface area contributed by atoms with E-state index < -0.39 is 6.10 Å². The fraction of sp³-hybridized carbons (Fsp3) is 0.333. The lowest BCUT2D eigenvalue weighted by Gasteiger charge is -2.05. The van der Waals surface area contributed by atoms with Crippen LogP contribution >= 0.6 is 11.3 Å². The fourth-order valence-electron chi connectivity index (χ4n) is 1.61. The van der Waals surface area contributed by atoms with Gasteiger partial charge in [0.25, 0.3) is 5.91 Å². The second-order valence-corrected chi connectivity index (χ2v) is 5.16. The molecule has 0 bridgehead atoms. The summed E-state index contributed by atoms with van der Waals surface area (Å²) >= 11 is 1.33. The first kappa shape index (κ1) is 12.8. The normalized spacial score (nSPS) is 12.6. The quantitative estimate of drug-likeness (QED) is 0.779. The number of nitrogens with zero attached hydrogens (tertiary/aromatic N) is 1. The van der Waals surface area contributed by atoms with Crippen LogP contribution in [0.15, 0.2) is 18.5 Å². The van der Waals surface area contributed by atoms with Crippen LogP contribution in [-0.4, -0.2) is 28.6 Å². The van der Waals surface area contributed by atoms with E-state index in [1.54, 1.807) is 25.4 Å². The van der Waals surface area contributed by atoms with Gasteiger partial charge in [0.1, 0.15) is 4.88 Å². The molecule has 2 aromatic heterocycles. The molecule has 2 heterocycles. The maximum Gasteiger partial charge on any atom is 0.263 e. The molecule has 0 aliphatic rings. The maximum atomic E-state index is 11.9. The molecule has 1 unspecified atom stereocenters. The Morgan fingerprint density at radius 2 is 2.44 bits per heavy atom. The van der Waals surface area contributed by atoms with Crippen LogP contribution < -0.4 is 11.1 Å². The van der Waals surface area contributed by atoms with Crippen LogP contribution in [0.1, 0.15) is 23.0 Å². The van der Waals surface area contributed by atoms with Crippen LogP contribution in [0.5, 0.6) is 0 Å². The second kappa shape index (κ2) is 5.32. The molecule has 1 atom stereocenters. The number of carbonyl (C=O) groups is 1. The number of aromatic nitrogens is 1. The molecule has 0 radical (unpaired) electrons. The number of hydrogen-bond acceptors (Lipinski definition) is 5. The van der Waals surface area contributed by atoms with Crippen molar-refractivity contribution in [3.63, 3.8) is 0 Å². The first-order chi connectivity index (χ1) is 8.59. The summed E-state index contributed by atoms with van der Waals surface area (Å²) in [5.41, 5.74) is 6.44. The number of thiophene rings is 1. The number of aliphatic hydroxyl groups excluding tert-OH is 1. The average Bonchev–Trinajstić information content (AvgIpc) is 2.67. The van der Waals surface area contributed by atoms with E-state index in [4.69, 9.17) is 10.8 Å². The number of nitrogen functional groups attached to an aromatic ring is 1. The SMILES string of the molecule is CC(O)CCNC(=O)c1sc2cnccc2c1N. The summed E-state index contributed by atoms with van der Waals surface area (Å²) in [4.78, 5) is 16.4. The Balaban J connectivity index is 2.15. The zero-order valence-electron chi connectivity index (χ0n) is 10.0. The number of amides is 1. The van der Waals surface area contributed by atoms with E-state index in [9.17, 15) is 4.79 Å². The topological polar surface area (TPSA) is 88.2 Å². The molecule has 2 rings (SSSR count). The molecule has 0 aromatic carbocycles. The molecule has 0 saturated heterocycles. The largest absolute Gasteiger partial charge is 0.397 e. The van der Waals surface area contributed by atoms with Crippen molar-refractivity contribution in [2.75, 3.05) is 12.3 Å². The van der Waals surface area contributed by atoms with Gasteiger partial charge in [0.2, 0.25) is 0 Å². The van der Waals surface area contributed by atoms with Crippen molar-refractivity contribution in [1.82, 2.24) is 10.3 Å². The number of nitrogens with one attached hydrogen (secondary N) is 1. The molecular formula is C12H15N3O2S. The van der Waals surface area contributed by atoms with Crippen molar-refractivity contribution >= 4 is 33.0 Å². The van der Waals surface area contributed by atoms with E-state index in [1.807, 2.05) is 0 Å². The third-order valence-corrected chi connectivity index (χ3v) is 3.74. The van der Waals surface area contributed by atoms with Crippen molar-refractivity contribution < 1.29 is 9.90 Å². The summed E-state index contributed by atoms with van der Waals surface area (Å²) in [6, 6.07) is 1.80. The Hall–Kier alpha value is -1.66. The summed E-state index contributed by atoms with van der Waals surface area (Å²) in [6.07, 6.45) is 3.45. The number of pyridine rings is 1. The highest BCUT2D eigenvalue weighted by atomic mass is 32.1. The van der Waals surface area contributed by atoms with Gasteiger partial charge in [-0.2, -0.15) is 0 Å². The number of rotatable bonds is 4. The number of aliphatic hydroxyl groups is 1. The van der Waals surface area contributed by atoms with Gasteiger partial charge < -0.3 is 16.2 Å². The van der Waals surface area contributed by atoms with Crippen molar-refractivity contribution in [2.45, 2.75) is 19.4 Å². The van der Waals surface area contributed by atoms with Gasteiger partial charge >= 0.3 is 0 Å². The van der Waals surface area contributed by atoms with Crippen molar-refractivity contribution in [1.29, 1.82) is 0 Å². The lowest BCUT2D eigenvalue weighted by atomic mass is 10.2. The summed E-state index contributed by atoms with van der Waals surface area (Å²) in [5.74, 6) is -0.200. The standard InChI is InChI=1S/C12H15N3O2S/c1-7(16)2-5-15-12(17)11-10(13)8-3-4-14-6-9(8)18-11/h3-4,6-7,16H,2,5,13H2,1H3,(H,15,17). The van der Waals surface area contributed by atoms with Gasteiger partial charge in [0.05, 0.1) is 16.5 Å². The lowest BCUT2D eigenvalue weighted by Crippen LogP contribution is -2.26. The van der Waals surface area contributed by atoms with Gasteiger partial charge in [-0.3, -0.25) is 9.78 Å². The zero-order chi connectivity index (χ0) is 13.1. The molecule has 5 nitrogen and oxygen atoms in total. The molecule has 0 aliphatic heterocycles. The highest BCUT2D eigenvalue weighted by molar-refractivity contribution is 7.21. The molecule has 4 N–H and O–H groups in total. The molecule has 0 spiro atoms. The molecule has 0 aliphatic carbocycles. The van der Waals surface area contributed by atoms with Crippen LogP contribution in [-0.2, 0) is 0 Å². The van der Waals surface area contributed by atoms with Gasteiger partial charge in [-0.15, -0.1) is 11.3 Å². The minimum absolute atomic E-state index is 0.200.